The molecule has 0 aromatic heterocycles. The molecule has 0 radical (unpaired) electrons. The predicted octanol–water partition coefficient (Wildman–Crippen LogP) is 3.33. The smallest absolute Gasteiger partial charge is 0.408 e. The molecule has 3 rings (SSSR count). The summed E-state index contributed by atoms with van der Waals surface area (Å²) >= 11 is 0. The SMILES string of the molecule is CC[C@H](NC(=O)OCc1ccccc1)C(=O)N1c2ccccc2C[C@H]1C(=O)NCC(F)(F)F. The number of nitrogens with one attached hydrogen (secondary N) is 2. The van der Waals surface area contributed by atoms with Crippen LogP contribution in [0.1, 0.15) is 24.5 Å². The van der Waals surface area contributed by atoms with E-state index in [1.807, 2.05) is 11.4 Å². The van der Waals surface area contributed by atoms with E-state index in [2.05, 4.69) is 5.32 Å². The van der Waals surface area contributed by atoms with Gasteiger partial charge in [-0.1, -0.05) is 55.5 Å². The predicted molar refractivity (Wildman–Crippen MR) is 114 cm³/mol. The first-order valence-corrected chi connectivity index (χ1v) is 10.4. The summed E-state index contributed by atoms with van der Waals surface area (Å²) in [5.41, 5.74) is 1.84. The fourth-order valence-electron chi connectivity index (χ4n) is 3.59. The maximum absolute atomic E-state index is 13.3. The first-order valence-electron chi connectivity index (χ1n) is 10.4. The van der Waals surface area contributed by atoms with Crippen molar-refractivity contribution in [2.75, 3.05) is 11.4 Å². The fourth-order valence-corrected chi connectivity index (χ4v) is 3.59. The number of carbonyl (C=O) groups is 3. The highest BCUT2D eigenvalue weighted by atomic mass is 19.4. The molecule has 1 aliphatic heterocycles. The highest BCUT2D eigenvalue weighted by molar-refractivity contribution is 6.06. The quantitative estimate of drug-likeness (QED) is 0.660. The Kier molecular flexibility index (Phi) is 7.57. The Bertz CT molecular complexity index is 998. The summed E-state index contributed by atoms with van der Waals surface area (Å²) in [4.78, 5) is 39.3. The number of para-hydroxylation sites is 1. The van der Waals surface area contributed by atoms with Gasteiger partial charge in [-0.2, -0.15) is 13.2 Å². The van der Waals surface area contributed by atoms with Gasteiger partial charge in [0.15, 0.2) is 0 Å². The number of amides is 3. The molecule has 0 unspecified atom stereocenters. The molecule has 0 aliphatic carbocycles. The minimum atomic E-state index is -4.58. The van der Waals surface area contributed by atoms with Crippen molar-refractivity contribution in [3.63, 3.8) is 0 Å². The van der Waals surface area contributed by atoms with Crippen molar-refractivity contribution < 1.29 is 32.3 Å². The summed E-state index contributed by atoms with van der Waals surface area (Å²) < 4.78 is 42.9. The van der Waals surface area contributed by atoms with Crippen LogP contribution in [0, 0.1) is 0 Å². The third-order valence-electron chi connectivity index (χ3n) is 5.19. The molecule has 0 saturated carbocycles. The van der Waals surface area contributed by atoms with Crippen molar-refractivity contribution in [2.24, 2.45) is 0 Å². The number of ether oxygens (including phenoxy) is 1. The zero-order valence-electron chi connectivity index (χ0n) is 17.9. The van der Waals surface area contributed by atoms with E-state index in [4.69, 9.17) is 4.74 Å². The van der Waals surface area contributed by atoms with E-state index in [-0.39, 0.29) is 19.4 Å². The molecule has 1 heterocycles. The van der Waals surface area contributed by atoms with Gasteiger partial charge >= 0.3 is 12.3 Å². The Morgan fingerprint density at radius 1 is 1.09 bits per heavy atom. The number of anilines is 1. The van der Waals surface area contributed by atoms with E-state index in [1.165, 1.54) is 0 Å². The second-order valence-corrected chi connectivity index (χ2v) is 7.56. The van der Waals surface area contributed by atoms with Crippen LogP contribution >= 0.6 is 0 Å². The van der Waals surface area contributed by atoms with Crippen molar-refractivity contribution >= 4 is 23.6 Å². The summed E-state index contributed by atoms with van der Waals surface area (Å²) in [5, 5.41) is 4.35. The Morgan fingerprint density at radius 2 is 1.76 bits per heavy atom. The van der Waals surface area contributed by atoms with Crippen LogP contribution in [0.4, 0.5) is 23.7 Å². The Hall–Kier alpha value is -3.56. The lowest BCUT2D eigenvalue weighted by Gasteiger charge is -2.29. The van der Waals surface area contributed by atoms with Crippen LogP contribution in [0.15, 0.2) is 54.6 Å². The summed E-state index contributed by atoms with van der Waals surface area (Å²) in [7, 11) is 0. The molecule has 0 saturated heterocycles. The lowest BCUT2D eigenvalue weighted by Crippen LogP contribution is -2.55. The first kappa shape index (κ1) is 24.1. The van der Waals surface area contributed by atoms with Gasteiger partial charge in [0.1, 0.15) is 25.2 Å². The molecule has 3 amide bonds. The highest BCUT2D eigenvalue weighted by Gasteiger charge is 2.41. The van der Waals surface area contributed by atoms with Crippen molar-refractivity contribution in [1.82, 2.24) is 10.6 Å². The summed E-state index contributed by atoms with van der Waals surface area (Å²) in [5.74, 6) is -1.52. The standard InChI is InChI=1S/C23H24F3N3O4/c1-2-17(28-22(32)33-13-15-8-4-3-5-9-15)21(31)29-18-11-7-6-10-16(18)12-19(29)20(30)27-14-23(24,25)26/h3-11,17,19H,2,12-14H2,1H3,(H,27,30)(H,28,32)/t17-,19-/m0/s1. The van der Waals surface area contributed by atoms with Gasteiger partial charge in [0.2, 0.25) is 11.8 Å². The van der Waals surface area contributed by atoms with Crippen LogP contribution < -0.4 is 15.5 Å². The lowest BCUT2D eigenvalue weighted by atomic mass is 10.1. The van der Waals surface area contributed by atoms with E-state index in [0.717, 1.165) is 10.5 Å². The van der Waals surface area contributed by atoms with E-state index in [9.17, 15) is 27.6 Å². The number of benzene rings is 2. The second-order valence-electron chi connectivity index (χ2n) is 7.56. The van der Waals surface area contributed by atoms with Gasteiger partial charge < -0.3 is 15.4 Å². The monoisotopic (exact) mass is 463 g/mol. The highest BCUT2D eigenvalue weighted by Crippen LogP contribution is 2.33. The van der Waals surface area contributed by atoms with E-state index >= 15 is 0 Å². The van der Waals surface area contributed by atoms with Crippen LogP contribution in [0.3, 0.4) is 0 Å². The molecular weight excluding hydrogens is 439 g/mol. The molecule has 7 nitrogen and oxygen atoms in total. The summed E-state index contributed by atoms with van der Waals surface area (Å²) in [6.07, 6.45) is -5.13. The summed E-state index contributed by atoms with van der Waals surface area (Å²) in [6.45, 7) is 0.176. The van der Waals surface area contributed by atoms with E-state index in [1.54, 1.807) is 55.5 Å². The van der Waals surface area contributed by atoms with Crippen LogP contribution in [-0.4, -0.2) is 42.7 Å². The van der Waals surface area contributed by atoms with Gasteiger partial charge in [-0.05, 0) is 23.6 Å². The molecule has 10 heteroatoms. The third-order valence-corrected chi connectivity index (χ3v) is 5.19. The van der Waals surface area contributed by atoms with Gasteiger partial charge in [-0.25, -0.2) is 4.79 Å². The molecule has 2 N–H and O–H groups in total. The van der Waals surface area contributed by atoms with Gasteiger partial charge in [-0.3, -0.25) is 14.5 Å². The molecular formula is C23H24F3N3O4. The number of fused-ring (bicyclic) bond motifs is 1. The topological polar surface area (TPSA) is 87.7 Å². The minimum absolute atomic E-state index is 0.00627. The van der Waals surface area contributed by atoms with E-state index < -0.39 is 42.7 Å². The van der Waals surface area contributed by atoms with Crippen molar-refractivity contribution in [3.05, 3.63) is 65.7 Å². The van der Waals surface area contributed by atoms with Crippen LogP contribution in [0.5, 0.6) is 0 Å². The normalized spacial score (nSPS) is 16.0. The Labute approximate surface area is 188 Å². The van der Waals surface area contributed by atoms with Crippen molar-refractivity contribution in [2.45, 2.75) is 44.6 Å². The fraction of sp³-hybridized carbons (Fsp3) is 0.348. The molecule has 33 heavy (non-hydrogen) atoms. The zero-order valence-corrected chi connectivity index (χ0v) is 17.9. The van der Waals surface area contributed by atoms with Crippen molar-refractivity contribution in [1.29, 1.82) is 0 Å². The molecule has 2 aromatic carbocycles. The second kappa shape index (κ2) is 10.4. The van der Waals surface area contributed by atoms with Gasteiger partial charge in [0, 0.05) is 12.1 Å². The molecule has 0 bridgehead atoms. The van der Waals surface area contributed by atoms with Crippen LogP contribution in [0.2, 0.25) is 0 Å². The molecule has 0 spiro atoms. The maximum Gasteiger partial charge on any atom is 0.408 e. The van der Waals surface area contributed by atoms with Gasteiger partial charge in [0.05, 0.1) is 0 Å². The van der Waals surface area contributed by atoms with E-state index in [0.29, 0.717) is 11.3 Å². The maximum atomic E-state index is 13.3. The van der Waals surface area contributed by atoms with Crippen LogP contribution in [0.25, 0.3) is 0 Å². The Balaban J connectivity index is 1.72. The average Bonchev–Trinajstić information content (AvgIpc) is 3.19. The number of carbonyl (C=O) groups excluding carboxylic acids is 3. The molecule has 1 aliphatic rings. The van der Waals surface area contributed by atoms with Gasteiger partial charge in [-0.15, -0.1) is 0 Å². The average molecular weight is 463 g/mol. The number of halogens is 3. The molecule has 176 valence electrons. The van der Waals surface area contributed by atoms with Gasteiger partial charge in [0.25, 0.3) is 0 Å². The first-order chi connectivity index (χ1) is 15.7. The number of alkyl halides is 3. The van der Waals surface area contributed by atoms with Crippen molar-refractivity contribution in [3.8, 4) is 0 Å². The molecule has 2 atom stereocenters. The zero-order chi connectivity index (χ0) is 24.0. The number of rotatable bonds is 7. The Morgan fingerprint density at radius 3 is 2.42 bits per heavy atom. The number of hydrogen-bond donors (Lipinski definition) is 2. The van der Waals surface area contributed by atoms with Crippen LogP contribution in [-0.2, 0) is 27.4 Å². The molecule has 2 aromatic rings. The molecule has 0 fully saturated rings. The number of hydrogen-bond acceptors (Lipinski definition) is 4. The lowest BCUT2D eigenvalue weighted by molar-refractivity contribution is -0.139. The number of alkyl carbamates (subject to hydrolysis) is 1. The minimum Gasteiger partial charge on any atom is -0.445 e. The third kappa shape index (κ3) is 6.24. The largest absolute Gasteiger partial charge is 0.445 e. The summed E-state index contributed by atoms with van der Waals surface area (Å²) in [6, 6.07) is 13.5. The number of nitrogens with zero attached hydrogens (tertiary/aromatic N) is 1.